The van der Waals surface area contributed by atoms with Crippen molar-refractivity contribution >= 4 is 0 Å². The van der Waals surface area contributed by atoms with Crippen LogP contribution >= 0.6 is 0 Å². The Morgan fingerprint density at radius 3 is 2.42 bits per heavy atom. The number of aromatic hydroxyl groups is 2. The van der Waals surface area contributed by atoms with Gasteiger partial charge in [0.15, 0.2) is 11.5 Å². The highest BCUT2D eigenvalue weighted by Gasteiger charge is 2.45. The molecular weight excluding hydrogens is 440 g/mol. The quantitative estimate of drug-likeness (QED) is 0.297. The molecule has 1 fully saturated rings. The Morgan fingerprint density at radius 1 is 0.970 bits per heavy atom. The van der Waals surface area contributed by atoms with Crippen LogP contribution in [0.15, 0.2) is 30.3 Å². The number of aliphatic hydroxyl groups excluding tert-OH is 5. The van der Waals surface area contributed by atoms with Crippen molar-refractivity contribution in [3.05, 3.63) is 41.5 Å². The molecule has 11 nitrogen and oxygen atoms in total. The lowest BCUT2D eigenvalue weighted by atomic mass is 9.94. The van der Waals surface area contributed by atoms with Crippen molar-refractivity contribution in [2.24, 2.45) is 0 Å². The van der Waals surface area contributed by atoms with E-state index in [9.17, 15) is 35.7 Å². The molecule has 2 aliphatic rings. The van der Waals surface area contributed by atoms with Crippen LogP contribution in [-0.2, 0) is 11.2 Å². The first-order valence-corrected chi connectivity index (χ1v) is 10.3. The summed E-state index contributed by atoms with van der Waals surface area (Å²) < 4.78 is 21.9. The molecule has 7 atom stereocenters. The summed E-state index contributed by atoms with van der Waals surface area (Å²) in [6, 6.07) is 7.18. The first kappa shape index (κ1) is 23.4. The molecule has 7 N–H and O–H groups in total. The zero-order valence-electron chi connectivity index (χ0n) is 17.6. The number of hydrogen-bond donors (Lipinski definition) is 7. The molecule has 2 aliphatic heterocycles. The summed E-state index contributed by atoms with van der Waals surface area (Å²) in [4.78, 5) is 0. The van der Waals surface area contributed by atoms with E-state index in [2.05, 4.69) is 0 Å². The van der Waals surface area contributed by atoms with Crippen molar-refractivity contribution in [2.45, 2.75) is 49.3 Å². The third-order valence-corrected chi connectivity index (χ3v) is 5.81. The van der Waals surface area contributed by atoms with E-state index in [4.69, 9.17) is 18.9 Å². The van der Waals surface area contributed by atoms with Gasteiger partial charge in [-0.3, -0.25) is 0 Å². The lowest BCUT2D eigenvalue weighted by Gasteiger charge is -2.39. The van der Waals surface area contributed by atoms with E-state index in [0.29, 0.717) is 11.1 Å². The predicted octanol–water partition coefficient (Wildman–Crippen LogP) is -0.678. The van der Waals surface area contributed by atoms with Gasteiger partial charge in [-0.1, -0.05) is 6.07 Å². The topological polar surface area (TPSA) is 179 Å². The SMILES string of the molecule is COc1cc([C@H]2Oc3cc(O[C@@H]4OC(CO)[C@@H](O)[C@H](O)C4O)cc(O)c3C[C@H]2O)ccc1O. The molecule has 0 amide bonds. The lowest BCUT2D eigenvalue weighted by Crippen LogP contribution is -2.60. The van der Waals surface area contributed by atoms with Crippen LogP contribution in [0.3, 0.4) is 0 Å². The number of ether oxygens (including phenoxy) is 4. The molecule has 2 unspecified atom stereocenters. The fourth-order valence-corrected chi connectivity index (χ4v) is 3.98. The van der Waals surface area contributed by atoms with Crippen molar-refractivity contribution in [3.63, 3.8) is 0 Å². The molecule has 4 rings (SSSR count). The van der Waals surface area contributed by atoms with Crippen molar-refractivity contribution in [1.29, 1.82) is 0 Å². The Labute approximate surface area is 188 Å². The summed E-state index contributed by atoms with van der Waals surface area (Å²) in [7, 11) is 1.40. The second-order valence-electron chi connectivity index (χ2n) is 7.98. The van der Waals surface area contributed by atoms with Gasteiger partial charge in [-0.15, -0.1) is 0 Å². The van der Waals surface area contributed by atoms with Gasteiger partial charge < -0.3 is 54.7 Å². The molecule has 11 heteroatoms. The van der Waals surface area contributed by atoms with Crippen molar-refractivity contribution in [3.8, 4) is 28.7 Å². The van der Waals surface area contributed by atoms with Crippen molar-refractivity contribution < 1.29 is 54.7 Å². The summed E-state index contributed by atoms with van der Waals surface area (Å²) in [5.74, 6) is 0.135. The molecule has 0 radical (unpaired) electrons. The standard InChI is InChI=1S/C22H26O11/c1-30-16-4-9(2-3-12(16)24)21-14(26)7-11-13(25)5-10(6-15(11)32-21)31-22-20(29)19(28)18(27)17(8-23)33-22/h2-6,14,17-29H,7-8H2,1H3/t14-,17?,18-,19+,20?,21-,22-/m1/s1. The van der Waals surface area contributed by atoms with E-state index < -0.39 is 49.5 Å². The number of hydrogen-bond acceptors (Lipinski definition) is 11. The van der Waals surface area contributed by atoms with Gasteiger partial charge >= 0.3 is 0 Å². The maximum absolute atomic E-state index is 10.6. The summed E-state index contributed by atoms with van der Waals surface area (Å²) in [6.07, 6.45) is -9.15. The highest BCUT2D eigenvalue weighted by molar-refractivity contribution is 5.52. The zero-order chi connectivity index (χ0) is 23.9. The van der Waals surface area contributed by atoms with Gasteiger partial charge in [-0.05, 0) is 17.7 Å². The maximum Gasteiger partial charge on any atom is 0.229 e. The monoisotopic (exact) mass is 466 g/mol. The summed E-state index contributed by atoms with van der Waals surface area (Å²) in [6.45, 7) is -0.612. The van der Waals surface area contributed by atoms with Crippen LogP contribution in [0.2, 0.25) is 0 Å². The lowest BCUT2D eigenvalue weighted by molar-refractivity contribution is -0.277. The highest BCUT2D eigenvalue weighted by atomic mass is 16.7. The molecule has 1 saturated heterocycles. The maximum atomic E-state index is 10.6. The minimum absolute atomic E-state index is 0.0222. The number of phenolic OH excluding ortho intramolecular Hbond substituents is 2. The van der Waals surface area contributed by atoms with Gasteiger partial charge in [0.2, 0.25) is 6.29 Å². The van der Waals surface area contributed by atoms with E-state index in [1.165, 1.54) is 31.4 Å². The number of fused-ring (bicyclic) bond motifs is 1. The fraction of sp³-hybridized carbons (Fsp3) is 0.455. The van der Waals surface area contributed by atoms with Crippen LogP contribution in [0.1, 0.15) is 17.2 Å². The second kappa shape index (κ2) is 9.21. The first-order chi connectivity index (χ1) is 15.7. The fourth-order valence-electron chi connectivity index (χ4n) is 3.98. The average Bonchev–Trinajstić information content (AvgIpc) is 2.80. The molecule has 2 aromatic carbocycles. The van der Waals surface area contributed by atoms with Gasteiger partial charge in [0.1, 0.15) is 47.8 Å². The number of benzene rings is 2. The largest absolute Gasteiger partial charge is 0.507 e. The minimum Gasteiger partial charge on any atom is -0.507 e. The van der Waals surface area contributed by atoms with Crippen molar-refractivity contribution in [1.82, 2.24) is 0 Å². The molecule has 0 aliphatic carbocycles. The Morgan fingerprint density at radius 2 is 1.73 bits per heavy atom. The number of phenols is 2. The Hall–Kier alpha value is -2.80. The molecule has 0 aromatic heterocycles. The molecule has 180 valence electrons. The Bertz CT molecular complexity index is 995. The smallest absolute Gasteiger partial charge is 0.229 e. The van der Waals surface area contributed by atoms with Crippen LogP contribution in [0.5, 0.6) is 28.7 Å². The molecular formula is C22H26O11. The van der Waals surface area contributed by atoms with Crippen LogP contribution in [0.25, 0.3) is 0 Å². The normalized spacial score (nSPS) is 31.4. The first-order valence-electron chi connectivity index (χ1n) is 10.3. The zero-order valence-corrected chi connectivity index (χ0v) is 17.6. The van der Waals surface area contributed by atoms with Crippen LogP contribution in [0, 0.1) is 0 Å². The van der Waals surface area contributed by atoms with Crippen LogP contribution in [0.4, 0.5) is 0 Å². The molecule has 0 bridgehead atoms. The highest BCUT2D eigenvalue weighted by Crippen LogP contribution is 2.43. The van der Waals surface area contributed by atoms with Gasteiger partial charge in [0.05, 0.1) is 19.8 Å². The van der Waals surface area contributed by atoms with Gasteiger partial charge in [-0.2, -0.15) is 0 Å². The number of methoxy groups -OCH3 is 1. The molecule has 33 heavy (non-hydrogen) atoms. The molecule has 0 spiro atoms. The Kier molecular flexibility index (Phi) is 6.52. The summed E-state index contributed by atoms with van der Waals surface area (Å²) in [5.41, 5.74) is 0.869. The summed E-state index contributed by atoms with van der Waals surface area (Å²) in [5, 5.41) is 70.2. The molecule has 2 aromatic rings. The molecule has 2 heterocycles. The van der Waals surface area contributed by atoms with E-state index in [1.807, 2.05) is 0 Å². The Balaban J connectivity index is 1.59. The van der Waals surface area contributed by atoms with Gasteiger partial charge in [-0.25, -0.2) is 0 Å². The minimum atomic E-state index is -1.62. The van der Waals surface area contributed by atoms with Crippen LogP contribution in [-0.4, -0.2) is 86.3 Å². The van der Waals surface area contributed by atoms with E-state index in [1.54, 1.807) is 6.07 Å². The summed E-state index contributed by atoms with van der Waals surface area (Å²) >= 11 is 0. The van der Waals surface area contributed by atoms with Gasteiger partial charge in [0.25, 0.3) is 0 Å². The second-order valence-corrected chi connectivity index (χ2v) is 7.98. The van der Waals surface area contributed by atoms with E-state index in [0.717, 1.165) is 0 Å². The van der Waals surface area contributed by atoms with Gasteiger partial charge in [0, 0.05) is 24.1 Å². The van der Waals surface area contributed by atoms with E-state index >= 15 is 0 Å². The third-order valence-electron chi connectivity index (χ3n) is 5.81. The average molecular weight is 466 g/mol. The number of aliphatic hydroxyl groups is 5. The third kappa shape index (κ3) is 4.38. The predicted molar refractivity (Wildman–Crippen MR) is 110 cm³/mol. The molecule has 0 saturated carbocycles. The van der Waals surface area contributed by atoms with E-state index in [-0.39, 0.29) is 35.2 Å². The van der Waals surface area contributed by atoms with Crippen molar-refractivity contribution in [2.75, 3.05) is 13.7 Å². The van der Waals surface area contributed by atoms with Crippen LogP contribution < -0.4 is 14.2 Å². The number of rotatable bonds is 5.